The molecule has 1 saturated heterocycles. The van der Waals surface area contributed by atoms with E-state index >= 15 is 0 Å². The smallest absolute Gasteiger partial charge is 0.407 e. The molecule has 1 heterocycles. The minimum absolute atomic E-state index is 0.0279. The van der Waals surface area contributed by atoms with E-state index < -0.39 is 17.8 Å². The Morgan fingerprint density at radius 3 is 2.53 bits per heavy atom. The van der Waals surface area contributed by atoms with Crippen LogP contribution in [0, 0.1) is 0 Å². The lowest BCUT2D eigenvalue weighted by molar-refractivity contribution is -0.0660. The molecule has 0 bridgehead atoms. The van der Waals surface area contributed by atoms with Gasteiger partial charge in [0.2, 0.25) is 0 Å². The van der Waals surface area contributed by atoms with Crippen LogP contribution >= 0.6 is 0 Å². The molecule has 0 aromatic heterocycles. The van der Waals surface area contributed by atoms with Gasteiger partial charge in [-0.05, 0) is 40.5 Å². The fraction of sp³-hybridized carbons (Fsp3) is 0.917. The molecule has 1 aliphatic heterocycles. The molecule has 1 rings (SSSR count). The Hall–Kier alpha value is -0.810. The largest absolute Gasteiger partial charge is 0.444 e. The summed E-state index contributed by atoms with van der Waals surface area (Å²) in [4.78, 5) is 11.5. The minimum atomic E-state index is -0.484. The van der Waals surface area contributed by atoms with Crippen molar-refractivity contribution < 1.29 is 19.4 Å². The van der Waals surface area contributed by atoms with E-state index in [1.54, 1.807) is 6.92 Å². The van der Waals surface area contributed by atoms with E-state index in [0.717, 1.165) is 12.8 Å². The van der Waals surface area contributed by atoms with Crippen LogP contribution in [0.4, 0.5) is 4.79 Å². The van der Waals surface area contributed by atoms with Crippen molar-refractivity contribution in [1.82, 2.24) is 5.32 Å². The number of aliphatic hydroxyl groups is 1. The number of carbonyl (C=O) groups excluding carboxylic acids is 1. The van der Waals surface area contributed by atoms with Crippen LogP contribution in [0.2, 0.25) is 0 Å². The molecule has 0 spiro atoms. The van der Waals surface area contributed by atoms with E-state index in [-0.39, 0.29) is 12.1 Å². The Morgan fingerprint density at radius 2 is 2.12 bits per heavy atom. The highest BCUT2D eigenvalue weighted by atomic mass is 16.6. The normalized spacial score (nSPS) is 27.4. The van der Waals surface area contributed by atoms with E-state index in [1.807, 2.05) is 20.8 Å². The molecule has 0 saturated carbocycles. The van der Waals surface area contributed by atoms with Crippen molar-refractivity contribution in [2.75, 3.05) is 6.61 Å². The van der Waals surface area contributed by atoms with E-state index in [1.165, 1.54) is 0 Å². The number of nitrogens with one attached hydrogen (secondary N) is 1. The van der Waals surface area contributed by atoms with Crippen molar-refractivity contribution >= 4 is 6.09 Å². The van der Waals surface area contributed by atoms with Crippen molar-refractivity contribution in [1.29, 1.82) is 0 Å². The summed E-state index contributed by atoms with van der Waals surface area (Å²) < 4.78 is 10.6. The Morgan fingerprint density at radius 1 is 1.47 bits per heavy atom. The fourth-order valence-electron chi connectivity index (χ4n) is 1.74. The second-order valence-corrected chi connectivity index (χ2v) is 5.53. The van der Waals surface area contributed by atoms with E-state index in [4.69, 9.17) is 9.47 Å². The number of ether oxygens (including phenoxy) is 2. The Labute approximate surface area is 102 Å². The van der Waals surface area contributed by atoms with Crippen LogP contribution in [0.5, 0.6) is 0 Å². The summed E-state index contributed by atoms with van der Waals surface area (Å²) in [6.45, 7) is 7.62. The van der Waals surface area contributed by atoms with Crippen LogP contribution < -0.4 is 5.32 Å². The second kappa shape index (κ2) is 5.69. The van der Waals surface area contributed by atoms with Gasteiger partial charge in [0.15, 0.2) is 0 Å². The maximum atomic E-state index is 11.5. The van der Waals surface area contributed by atoms with Crippen molar-refractivity contribution in [3.63, 3.8) is 0 Å². The molecular formula is C12H23NO4. The standard InChI is InChI=1S/C12H23NO4/c1-8(14)10-6-5-9(7-16-10)13-11(15)17-12(2,3)4/h8-10,14H,5-7H2,1-4H3,(H,13,15)/t8?,9?,10-/m0/s1. The third-order valence-corrected chi connectivity index (χ3v) is 2.57. The summed E-state index contributed by atoms with van der Waals surface area (Å²) in [6.07, 6.45) is 0.554. The molecule has 100 valence electrons. The number of aliphatic hydroxyl groups excluding tert-OH is 1. The average Bonchev–Trinajstić information content (AvgIpc) is 2.15. The monoisotopic (exact) mass is 245 g/mol. The quantitative estimate of drug-likeness (QED) is 0.772. The van der Waals surface area contributed by atoms with Gasteiger partial charge in [0.25, 0.3) is 0 Å². The number of hydrogen-bond acceptors (Lipinski definition) is 4. The van der Waals surface area contributed by atoms with Gasteiger partial charge in [0.1, 0.15) is 5.60 Å². The zero-order valence-corrected chi connectivity index (χ0v) is 11.0. The SMILES string of the molecule is CC(O)[C@@H]1CCC(NC(=O)OC(C)(C)C)CO1. The molecule has 1 fully saturated rings. The molecule has 0 aromatic carbocycles. The van der Waals surface area contributed by atoms with Crippen LogP contribution in [0.1, 0.15) is 40.5 Å². The predicted molar refractivity (Wildman–Crippen MR) is 63.8 cm³/mol. The molecular weight excluding hydrogens is 222 g/mol. The molecule has 0 aliphatic carbocycles. The molecule has 17 heavy (non-hydrogen) atoms. The highest BCUT2D eigenvalue weighted by Gasteiger charge is 2.27. The molecule has 2 N–H and O–H groups in total. The summed E-state index contributed by atoms with van der Waals surface area (Å²) in [5, 5.41) is 12.1. The number of rotatable bonds is 2. The molecule has 3 atom stereocenters. The summed E-state index contributed by atoms with van der Waals surface area (Å²) in [5.74, 6) is 0. The van der Waals surface area contributed by atoms with Gasteiger partial charge in [-0.3, -0.25) is 0 Å². The van der Waals surface area contributed by atoms with Gasteiger partial charge >= 0.3 is 6.09 Å². The maximum Gasteiger partial charge on any atom is 0.407 e. The third-order valence-electron chi connectivity index (χ3n) is 2.57. The first-order chi connectivity index (χ1) is 7.78. The molecule has 0 radical (unpaired) electrons. The fourth-order valence-corrected chi connectivity index (χ4v) is 1.74. The lowest BCUT2D eigenvalue weighted by Crippen LogP contribution is -2.46. The number of carbonyl (C=O) groups is 1. The highest BCUT2D eigenvalue weighted by molar-refractivity contribution is 5.68. The lowest BCUT2D eigenvalue weighted by Gasteiger charge is -2.31. The van der Waals surface area contributed by atoms with Crippen molar-refractivity contribution in [2.24, 2.45) is 0 Å². The molecule has 1 aliphatic rings. The van der Waals surface area contributed by atoms with Gasteiger partial charge in [-0.2, -0.15) is 0 Å². The van der Waals surface area contributed by atoms with E-state index in [0.29, 0.717) is 6.61 Å². The summed E-state index contributed by atoms with van der Waals surface area (Å²) >= 11 is 0. The van der Waals surface area contributed by atoms with Gasteiger partial charge in [-0.25, -0.2) is 4.79 Å². The number of alkyl carbamates (subject to hydrolysis) is 1. The third kappa shape index (κ3) is 5.37. The van der Waals surface area contributed by atoms with Gasteiger partial charge in [-0.15, -0.1) is 0 Å². The first kappa shape index (κ1) is 14.3. The first-order valence-electron chi connectivity index (χ1n) is 6.07. The number of amides is 1. The molecule has 5 heteroatoms. The zero-order chi connectivity index (χ0) is 13.1. The van der Waals surface area contributed by atoms with Gasteiger partial charge in [0, 0.05) is 0 Å². The molecule has 5 nitrogen and oxygen atoms in total. The highest BCUT2D eigenvalue weighted by Crippen LogP contribution is 2.17. The maximum absolute atomic E-state index is 11.5. The van der Waals surface area contributed by atoms with Crippen LogP contribution in [-0.4, -0.2) is 41.7 Å². The van der Waals surface area contributed by atoms with Gasteiger partial charge < -0.3 is 19.9 Å². The minimum Gasteiger partial charge on any atom is -0.444 e. The van der Waals surface area contributed by atoms with E-state index in [2.05, 4.69) is 5.32 Å². The lowest BCUT2D eigenvalue weighted by atomic mass is 10.0. The van der Waals surface area contributed by atoms with Crippen molar-refractivity contribution in [3.8, 4) is 0 Å². The molecule has 0 aromatic rings. The second-order valence-electron chi connectivity index (χ2n) is 5.53. The van der Waals surface area contributed by atoms with Crippen molar-refractivity contribution in [2.45, 2.75) is 64.4 Å². The summed E-state index contributed by atoms with van der Waals surface area (Å²) in [5.41, 5.74) is -0.484. The van der Waals surface area contributed by atoms with Crippen LogP contribution in [0.3, 0.4) is 0 Å². The van der Waals surface area contributed by atoms with E-state index in [9.17, 15) is 9.90 Å². The summed E-state index contributed by atoms with van der Waals surface area (Å²) in [6, 6.07) is -0.0279. The Balaban J connectivity index is 2.29. The molecule has 1 amide bonds. The van der Waals surface area contributed by atoms with Gasteiger partial charge in [0.05, 0.1) is 24.9 Å². The van der Waals surface area contributed by atoms with Crippen LogP contribution in [-0.2, 0) is 9.47 Å². The molecule has 2 unspecified atom stereocenters. The number of hydrogen-bond donors (Lipinski definition) is 2. The van der Waals surface area contributed by atoms with Crippen LogP contribution in [0.15, 0.2) is 0 Å². The Bertz CT molecular complexity index is 252. The average molecular weight is 245 g/mol. The Kier molecular flexibility index (Phi) is 4.77. The topological polar surface area (TPSA) is 67.8 Å². The van der Waals surface area contributed by atoms with Crippen molar-refractivity contribution in [3.05, 3.63) is 0 Å². The predicted octanol–water partition coefficient (Wildman–Crippen LogP) is 1.44. The van der Waals surface area contributed by atoms with Crippen LogP contribution in [0.25, 0.3) is 0 Å². The van der Waals surface area contributed by atoms with Gasteiger partial charge in [-0.1, -0.05) is 0 Å². The first-order valence-corrected chi connectivity index (χ1v) is 6.07. The zero-order valence-electron chi connectivity index (χ0n) is 11.0. The summed E-state index contributed by atoms with van der Waals surface area (Å²) in [7, 11) is 0.